The zero-order chi connectivity index (χ0) is 33.1. The third-order valence-corrected chi connectivity index (χ3v) is 10.3. The number of rotatable bonds is 16. The first kappa shape index (κ1) is 34.4. The van der Waals surface area contributed by atoms with Gasteiger partial charge in [0.05, 0.1) is 28.3 Å². The van der Waals surface area contributed by atoms with Crippen molar-refractivity contribution in [3.05, 3.63) is 82.5 Å². The second-order valence-corrected chi connectivity index (χ2v) is 13.5. The molecule has 46 heavy (non-hydrogen) atoms. The van der Waals surface area contributed by atoms with Crippen molar-refractivity contribution in [3.8, 4) is 6.07 Å². The zero-order valence-corrected chi connectivity index (χ0v) is 27.1. The lowest BCUT2D eigenvalue weighted by molar-refractivity contribution is -0.133. The first-order valence-corrected chi connectivity index (χ1v) is 17.5. The number of anilines is 1. The second-order valence-electron chi connectivity index (χ2n) is 11.7. The number of allylic oxidation sites excluding steroid dienone is 2. The Bertz CT molecular complexity index is 1660. The average molecular weight is 647 g/mol. The third kappa shape index (κ3) is 8.63. The van der Waals surface area contributed by atoms with Crippen LogP contribution in [0.25, 0.3) is 0 Å². The molecule has 10 nitrogen and oxygen atoms in total. The fraction of sp³-hybridized carbons (Fsp3) is 0.429. The molecule has 0 fully saturated rings. The number of nitrogens with zero attached hydrogens (tertiary/aromatic N) is 2. The molecule has 1 heterocycles. The zero-order valence-electron chi connectivity index (χ0n) is 26.3. The van der Waals surface area contributed by atoms with E-state index in [1.54, 1.807) is 12.1 Å². The van der Waals surface area contributed by atoms with Crippen molar-refractivity contribution >= 4 is 33.5 Å². The summed E-state index contributed by atoms with van der Waals surface area (Å²) in [5.74, 6) is -2.09. The van der Waals surface area contributed by atoms with Crippen LogP contribution in [0, 0.1) is 11.3 Å². The summed E-state index contributed by atoms with van der Waals surface area (Å²) in [6.07, 6.45) is 12.6. The SMILES string of the molecule is CCCCCCCCCCC(=O)NCc1ccc(C(=O)NC2CC=C(C#N)C=C2C(=O)O)cc1S(=O)(=O)N1CCc2ccccc21. The van der Waals surface area contributed by atoms with Crippen molar-refractivity contribution in [2.75, 3.05) is 10.8 Å². The van der Waals surface area contributed by atoms with Crippen LogP contribution in [0.15, 0.2) is 70.7 Å². The number of nitrogens with one attached hydrogen (secondary N) is 2. The van der Waals surface area contributed by atoms with Gasteiger partial charge in [0.2, 0.25) is 5.91 Å². The van der Waals surface area contributed by atoms with Gasteiger partial charge in [-0.2, -0.15) is 5.26 Å². The summed E-state index contributed by atoms with van der Waals surface area (Å²) in [6.45, 7) is 2.40. The second kappa shape index (κ2) is 16.2. The number of carbonyl (C=O) groups excluding carboxylic acids is 2. The van der Waals surface area contributed by atoms with Gasteiger partial charge in [-0.15, -0.1) is 0 Å². The number of para-hydroxylation sites is 1. The predicted molar refractivity (Wildman–Crippen MR) is 175 cm³/mol. The summed E-state index contributed by atoms with van der Waals surface area (Å²) in [4.78, 5) is 37.8. The highest BCUT2D eigenvalue weighted by atomic mass is 32.2. The van der Waals surface area contributed by atoms with Gasteiger partial charge in [0.15, 0.2) is 0 Å². The van der Waals surface area contributed by atoms with E-state index in [9.17, 15) is 27.9 Å². The van der Waals surface area contributed by atoms with E-state index in [2.05, 4.69) is 17.6 Å². The summed E-state index contributed by atoms with van der Waals surface area (Å²) in [5.41, 5.74) is 1.90. The maximum Gasteiger partial charge on any atom is 0.333 e. The lowest BCUT2D eigenvalue weighted by atomic mass is 9.94. The first-order valence-electron chi connectivity index (χ1n) is 16.0. The number of carbonyl (C=O) groups is 3. The van der Waals surface area contributed by atoms with E-state index < -0.39 is 27.9 Å². The van der Waals surface area contributed by atoms with Crippen molar-refractivity contribution in [1.29, 1.82) is 5.26 Å². The molecule has 3 N–H and O–H groups in total. The molecule has 1 aliphatic heterocycles. The molecule has 4 rings (SSSR count). The van der Waals surface area contributed by atoms with E-state index in [0.717, 1.165) is 31.2 Å². The van der Waals surface area contributed by atoms with Gasteiger partial charge < -0.3 is 15.7 Å². The molecule has 0 spiro atoms. The Hall–Kier alpha value is -4.43. The van der Waals surface area contributed by atoms with Crippen molar-refractivity contribution in [3.63, 3.8) is 0 Å². The highest BCUT2D eigenvalue weighted by molar-refractivity contribution is 7.93. The summed E-state index contributed by atoms with van der Waals surface area (Å²) >= 11 is 0. The number of amides is 2. The molecule has 2 aromatic carbocycles. The Kier molecular flexibility index (Phi) is 12.1. The summed E-state index contributed by atoms with van der Waals surface area (Å²) < 4.78 is 29.6. The molecular formula is C35H42N4O6S. The Morgan fingerprint density at radius 2 is 1.74 bits per heavy atom. The monoisotopic (exact) mass is 646 g/mol. The normalized spacial score (nSPS) is 15.7. The Balaban J connectivity index is 1.51. The number of nitriles is 1. The molecule has 11 heteroatoms. The molecule has 0 aromatic heterocycles. The van der Waals surface area contributed by atoms with Crippen LogP contribution in [0.5, 0.6) is 0 Å². The van der Waals surface area contributed by atoms with Gasteiger partial charge in [0.1, 0.15) is 0 Å². The van der Waals surface area contributed by atoms with Gasteiger partial charge in [-0.05, 0) is 54.7 Å². The number of hydrogen-bond donors (Lipinski definition) is 3. The largest absolute Gasteiger partial charge is 0.478 e. The van der Waals surface area contributed by atoms with Crippen LogP contribution in [0.2, 0.25) is 0 Å². The Labute approximate surface area is 271 Å². The molecule has 0 saturated heterocycles. The van der Waals surface area contributed by atoms with Crippen molar-refractivity contribution in [1.82, 2.24) is 10.6 Å². The van der Waals surface area contributed by atoms with E-state index in [1.807, 2.05) is 18.2 Å². The molecule has 244 valence electrons. The fourth-order valence-electron chi connectivity index (χ4n) is 5.83. The molecule has 2 amide bonds. The molecule has 0 saturated carbocycles. The fourth-order valence-corrected chi connectivity index (χ4v) is 7.58. The van der Waals surface area contributed by atoms with Crippen molar-refractivity contribution in [2.24, 2.45) is 0 Å². The maximum atomic E-state index is 14.1. The van der Waals surface area contributed by atoms with E-state index in [-0.39, 0.29) is 47.0 Å². The van der Waals surface area contributed by atoms with Crippen LogP contribution in [-0.2, 0) is 32.6 Å². The molecular weight excluding hydrogens is 604 g/mol. The van der Waals surface area contributed by atoms with E-state index >= 15 is 0 Å². The van der Waals surface area contributed by atoms with E-state index in [1.165, 1.54) is 60.3 Å². The number of carboxylic acids is 1. The van der Waals surface area contributed by atoms with Gasteiger partial charge in [0, 0.05) is 30.6 Å². The van der Waals surface area contributed by atoms with Gasteiger partial charge in [0.25, 0.3) is 15.9 Å². The van der Waals surface area contributed by atoms with Crippen LogP contribution >= 0.6 is 0 Å². The lowest BCUT2D eigenvalue weighted by Crippen LogP contribution is -2.39. The molecule has 1 aliphatic carbocycles. The Morgan fingerprint density at radius 3 is 2.46 bits per heavy atom. The summed E-state index contributed by atoms with van der Waals surface area (Å²) in [6, 6.07) is 12.5. The lowest BCUT2D eigenvalue weighted by Gasteiger charge is -2.23. The van der Waals surface area contributed by atoms with Gasteiger partial charge in [-0.1, -0.05) is 82.2 Å². The van der Waals surface area contributed by atoms with Crippen LogP contribution in [0.1, 0.15) is 92.6 Å². The first-order chi connectivity index (χ1) is 22.1. The number of unbranched alkanes of at least 4 members (excludes halogenated alkanes) is 7. The maximum absolute atomic E-state index is 14.1. The predicted octanol–water partition coefficient (Wildman–Crippen LogP) is 5.55. The quantitative estimate of drug-likeness (QED) is 0.202. The highest BCUT2D eigenvalue weighted by Crippen LogP contribution is 2.34. The summed E-state index contributed by atoms with van der Waals surface area (Å²) in [7, 11) is -4.14. The molecule has 0 radical (unpaired) electrons. The number of hydrogen-bond acceptors (Lipinski definition) is 6. The Morgan fingerprint density at radius 1 is 1.02 bits per heavy atom. The van der Waals surface area contributed by atoms with Crippen LogP contribution in [0.3, 0.4) is 0 Å². The van der Waals surface area contributed by atoms with Crippen LogP contribution in [0.4, 0.5) is 5.69 Å². The van der Waals surface area contributed by atoms with Crippen LogP contribution in [-0.4, -0.2) is 43.9 Å². The minimum absolute atomic E-state index is 0.0277. The molecule has 1 unspecified atom stereocenters. The standard InChI is InChI=1S/C35H42N4O6S/c1-2-3-4-5-6-7-8-9-14-33(40)37-24-28-17-16-27(34(41)38-30-18-15-25(23-36)21-29(30)35(42)43)22-32(28)46(44,45)39-20-19-26-12-10-11-13-31(26)39/h10-13,15-17,21-22,30H,2-9,14,18-20,24H2,1H3,(H,37,40)(H,38,41)(H,42,43). The smallest absolute Gasteiger partial charge is 0.333 e. The van der Waals surface area contributed by atoms with E-state index in [0.29, 0.717) is 24.1 Å². The van der Waals surface area contributed by atoms with Gasteiger partial charge >= 0.3 is 5.97 Å². The molecule has 1 atom stereocenters. The number of sulfonamides is 1. The minimum Gasteiger partial charge on any atom is -0.478 e. The van der Waals surface area contributed by atoms with Crippen molar-refractivity contribution in [2.45, 2.75) is 95.0 Å². The topological polar surface area (TPSA) is 157 Å². The average Bonchev–Trinajstić information content (AvgIpc) is 3.50. The number of carboxylic acid groups (broad SMARTS) is 1. The van der Waals surface area contributed by atoms with Crippen LogP contribution < -0.4 is 14.9 Å². The van der Waals surface area contributed by atoms with E-state index in [4.69, 9.17) is 5.26 Å². The minimum atomic E-state index is -4.14. The molecule has 2 aliphatic rings. The summed E-state index contributed by atoms with van der Waals surface area (Å²) in [5, 5.41) is 24.3. The van der Waals surface area contributed by atoms with Gasteiger partial charge in [-0.3, -0.25) is 13.9 Å². The molecule has 0 bridgehead atoms. The van der Waals surface area contributed by atoms with Gasteiger partial charge in [-0.25, -0.2) is 13.2 Å². The number of fused-ring (bicyclic) bond motifs is 1. The highest BCUT2D eigenvalue weighted by Gasteiger charge is 2.33. The third-order valence-electron chi connectivity index (χ3n) is 8.42. The van der Waals surface area contributed by atoms with Crippen molar-refractivity contribution < 1.29 is 27.9 Å². The number of benzene rings is 2. The number of aliphatic carboxylic acids is 1. The molecule has 2 aromatic rings.